The van der Waals surface area contributed by atoms with Gasteiger partial charge in [0.15, 0.2) is 0 Å². The number of nitrogens with zero attached hydrogens (tertiary/aromatic N) is 1. The summed E-state index contributed by atoms with van der Waals surface area (Å²) in [7, 11) is 0. The average Bonchev–Trinajstić information content (AvgIpc) is 2.41. The van der Waals surface area contributed by atoms with Crippen LogP contribution in [0, 0.1) is 11.8 Å². The highest BCUT2D eigenvalue weighted by Crippen LogP contribution is 2.20. The zero-order valence-corrected chi connectivity index (χ0v) is 13.7. The van der Waals surface area contributed by atoms with Crippen LogP contribution < -0.4 is 5.73 Å². The minimum atomic E-state index is 0.599. The van der Waals surface area contributed by atoms with Gasteiger partial charge in [-0.25, -0.2) is 0 Å². The van der Waals surface area contributed by atoms with E-state index < -0.39 is 0 Å². The van der Waals surface area contributed by atoms with Crippen LogP contribution in [0.5, 0.6) is 0 Å². The Bertz CT molecular complexity index is 368. The van der Waals surface area contributed by atoms with Crippen molar-refractivity contribution < 1.29 is 0 Å². The number of nitrogens with two attached hydrogens (primary N) is 1. The van der Waals surface area contributed by atoms with Gasteiger partial charge >= 0.3 is 0 Å². The van der Waals surface area contributed by atoms with E-state index in [4.69, 9.17) is 5.73 Å². The summed E-state index contributed by atoms with van der Waals surface area (Å²) in [4.78, 5) is 2.56. The molecule has 1 aliphatic heterocycles. The summed E-state index contributed by atoms with van der Waals surface area (Å²) >= 11 is 0. The van der Waals surface area contributed by atoms with Crippen LogP contribution in [-0.2, 0) is 0 Å². The number of hydrogen-bond acceptors (Lipinski definition) is 2. The van der Waals surface area contributed by atoms with Gasteiger partial charge in [0.05, 0.1) is 0 Å². The Kier molecular flexibility index (Phi) is 7.08. The van der Waals surface area contributed by atoms with Gasteiger partial charge in [-0.3, -0.25) is 4.90 Å². The minimum Gasteiger partial charge on any atom is -0.402 e. The van der Waals surface area contributed by atoms with Crippen LogP contribution >= 0.6 is 0 Å². The third-order valence-corrected chi connectivity index (χ3v) is 4.40. The van der Waals surface area contributed by atoms with E-state index >= 15 is 0 Å². The molecule has 2 N–H and O–H groups in total. The van der Waals surface area contributed by atoms with E-state index in [9.17, 15) is 0 Å². The smallest absolute Gasteiger partial charge is 0.0166 e. The number of rotatable bonds is 7. The van der Waals surface area contributed by atoms with Gasteiger partial charge in [0, 0.05) is 24.8 Å². The fourth-order valence-electron chi connectivity index (χ4n) is 2.68. The Balaban J connectivity index is 2.41. The standard InChI is InChI=1S/C18H32N2/c1-6-14(2)9-10-18(19)12-15(3)13-20-11-7-8-16(4)17(20)5/h7-8,10,15-17H,2,6,9,11-13,19H2,1,3-5H3/b18-10+. The predicted molar refractivity (Wildman–Crippen MR) is 89.4 cm³/mol. The zero-order valence-electron chi connectivity index (χ0n) is 13.7. The van der Waals surface area contributed by atoms with Crippen LogP contribution in [0.2, 0.25) is 0 Å². The zero-order chi connectivity index (χ0) is 15.1. The molecule has 0 spiro atoms. The summed E-state index contributed by atoms with van der Waals surface area (Å²) in [6.07, 6.45) is 9.71. The van der Waals surface area contributed by atoms with Gasteiger partial charge in [0.25, 0.3) is 0 Å². The van der Waals surface area contributed by atoms with E-state index in [1.54, 1.807) is 0 Å². The molecule has 2 nitrogen and oxygen atoms in total. The molecule has 0 aliphatic carbocycles. The van der Waals surface area contributed by atoms with Crippen molar-refractivity contribution in [3.63, 3.8) is 0 Å². The second-order valence-electron chi connectivity index (χ2n) is 6.38. The van der Waals surface area contributed by atoms with Crippen molar-refractivity contribution in [1.29, 1.82) is 0 Å². The molecule has 0 aromatic carbocycles. The fraction of sp³-hybridized carbons (Fsp3) is 0.667. The lowest BCUT2D eigenvalue weighted by atomic mass is 9.95. The Morgan fingerprint density at radius 2 is 2.20 bits per heavy atom. The molecule has 0 aromatic heterocycles. The van der Waals surface area contributed by atoms with Crippen LogP contribution in [0.15, 0.2) is 36.1 Å². The van der Waals surface area contributed by atoms with Crippen LogP contribution in [0.4, 0.5) is 0 Å². The number of hydrogen-bond donors (Lipinski definition) is 1. The van der Waals surface area contributed by atoms with Crippen molar-refractivity contribution in [2.45, 2.75) is 53.0 Å². The Morgan fingerprint density at radius 3 is 2.85 bits per heavy atom. The summed E-state index contributed by atoms with van der Waals surface area (Å²) in [5.41, 5.74) is 8.40. The third-order valence-electron chi connectivity index (χ3n) is 4.40. The van der Waals surface area contributed by atoms with Crippen molar-refractivity contribution in [1.82, 2.24) is 4.90 Å². The fourth-order valence-corrected chi connectivity index (χ4v) is 2.68. The molecule has 0 saturated carbocycles. The summed E-state index contributed by atoms with van der Waals surface area (Å²) in [6, 6.07) is 0.632. The van der Waals surface area contributed by atoms with Gasteiger partial charge in [0.2, 0.25) is 0 Å². The lowest BCUT2D eigenvalue weighted by Crippen LogP contribution is -2.42. The highest BCUT2D eigenvalue weighted by atomic mass is 15.2. The van der Waals surface area contributed by atoms with Crippen LogP contribution in [0.1, 0.15) is 47.0 Å². The molecule has 0 radical (unpaired) electrons. The first-order chi connectivity index (χ1) is 9.43. The molecule has 2 heteroatoms. The maximum absolute atomic E-state index is 6.13. The molecule has 1 rings (SSSR count). The molecule has 0 amide bonds. The topological polar surface area (TPSA) is 29.3 Å². The van der Waals surface area contributed by atoms with Crippen LogP contribution in [-0.4, -0.2) is 24.0 Å². The Labute approximate surface area is 125 Å². The highest BCUT2D eigenvalue weighted by molar-refractivity contribution is 5.07. The van der Waals surface area contributed by atoms with Gasteiger partial charge in [0.1, 0.15) is 0 Å². The van der Waals surface area contributed by atoms with Gasteiger partial charge in [-0.1, -0.05) is 51.2 Å². The van der Waals surface area contributed by atoms with E-state index in [-0.39, 0.29) is 0 Å². The Hall–Kier alpha value is -1.02. The first-order valence-electron chi connectivity index (χ1n) is 7.95. The van der Waals surface area contributed by atoms with Gasteiger partial charge in [-0.15, -0.1) is 0 Å². The summed E-state index contributed by atoms with van der Waals surface area (Å²) in [5.74, 6) is 1.25. The molecule has 3 atom stereocenters. The van der Waals surface area contributed by atoms with E-state index in [0.29, 0.717) is 17.9 Å². The van der Waals surface area contributed by atoms with Gasteiger partial charge in [-0.2, -0.15) is 0 Å². The molecule has 0 saturated heterocycles. The van der Waals surface area contributed by atoms with E-state index in [1.807, 2.05) is 0 Å². The van der Waals surface area contributed by atoms with Crippen molar-refractivity contribution in [3.05, 3.63) is 36.1 Å². The third kappa shape index (κ3) is 5.54. The molecule has 0 aromatic rings. The van der Waals surface area contributed by atoms with Crippen molar-refractivity contribution in [2.75, 3.05) is 13.1 Å². The number of allylic oxidation sites excluding steroid dienone is 3. The second kappa shape index (κ2) is 8.31. The predicted octanol–water partition coefficient (Wildman–Crippen LogP) is 4.11. The molecule has 20 heavy (non-hydrogen) atoms. The maximum Gasteiger partial charge on any atom is 0.0166 e. The van der Waals surface area contributed by atoms with Crippen molar-refractivity contribution in [3.8, 4) is 0 Å². The largest absolute Gasteiger partial charge is 0.402 e. The quantitative estimate of drug-likeness (QED) is 0.709. The summed E-state index contributed by atoms with van der Waals surface area (Å²) < 4.78 is 0. The molecule has 1 heterocycles. The van der Waals surface area contributed by atoms with Crippen LogP contribution in [0.3, 0.4) is 0 Å². The molecular weight excluding hydrogens is 244 g/mol. The molecule has 0 fully saturated rings. The average molecular weight is 276 g/mol. The normalized spacial score (nSPS) is 25.7. The van der Waals surface area contributed by atoms with Crippen molar-refractivity contribution >= 4 is 0 Å². The second-order valence-corrected chi connectivity index (χ2v) is 6.38. The minimum absolute atomic E-state index is 0.599. The SMILES string of the molecule is C=C(CC)C/C=C(/N)CC(C)CN1CC=CC(C)C1C. The van der Waals surface area contributed by atoms with Crippen molar-refractivity contribution in [2.24, 2.45) is 17.6 Å². The molecular formula is C18H32N2. The first kappa shape index (κ1) is 17.0. The lowest BCUT2D eigenvalue weighted by Gasteiger charge is -2.36. The van der Waals surface area contributed by atoms with E-state index in [2.05, 4.69) is 57.4 Å². The monoisotopic (exact) mass is 276 g/mol. The van der Waals surface area contributed by atoms with Gasteiger partial charge < -0.3 is 5.73 Å². The lowest BCUT2D eigenvalue weighted by molar-refractivity contribution is 0.162. The summed E-state index contributed by atoms with van der Waals surface area (Å²) in [6.45, 7) is 15.3. The summed E-state index contributed by atoms with van der Waals surface area (Å²) in [5, 5.41) is 0. The van der Waals surface area contributed by atoms with Gasteiger partial charge in [-0.05, 0) is 38.0 Å². The maximum atomic E-state index is 6.13. The van der Waals surface area contributed by atoms with Crippen LogP contribution in [0.25, 0.3) is 0 Å². The molecule has 114 valence electrons. The molecule has 3 unspecified atom stereocenters. The highest BCUT2D eigenvalue weighted by Gasteiger charge is 2.22. The Morgan fingerprint density at radius 1 is 1.50 bits per heavy atom. The molecule has 0 bridgehead atoms. The van der Waals surface area contributed by atoms with E-state index in [1.165, 1.54) is 5.57 Å². The molecule has 1 aliphatic rings. The first-order valence-corrected chi connectivity index (χ1v) is 7.95. The van der Waals surface area contributed by atoms with E-state index in [0.717, 1.165) is 38.0 Å².